The van der Waals surface area contributed by atoms with E-state index in [1.165, 1.54) is 0 Å². The summed E-state index contributed by atoms with van der Waals surface area (Å²) < 4.78 is 0. The number of carbonyl (C=O) groups excluding carboxylic acids is 2. The summed E-state index contributed by atoms with van der Waals surface area (Å²) in [6.45, 7) is 3.74. The molecule has 3 atom stereocenters. The van der Waals surface area contributed by atoms with Crippen molar-refractivity contribution in [2.45, 2.75) is 33.1 Å². The van der Waals surface area contributed by atoms with Crippen LogP contribution < -0.4 is 0 Å². The molecule has 2 heteroatoms. The van der Waals surface area contributed by atoms with Crippen molar-refractivity contribution in [1.82, 2.24) is 0 Å². The highest BCUT2D eigenvalue weighted by Crippen LogP contribution is 2.47. The Kier molecular flexibility index (Phi) is 3.01. The van der Waals surface area contributed by atoms with E-state index in [1.54, 1.807) is 6.92 Å². The average Bonchev–Trinajstić information content (AvgIpc) is 2.78. The Labute approximate surface area is 73.3 Å². The zero-order valence-electron chi connectivity index (χ0n) is 7.75. The summed E-state index contributed by atoms with van der Waals surface area (Å²) in [6, 6.07) is 0. The van der Waals surface area contributed by atoms with Gasteiger partial charge in [0.05, 0.1) is 0 Å². The maximum atomic E-state index is 11.1. The van der Waals surface area contributed by atoms with Crippen molar-refractivity contribution in [3.8, 4) is 0 Å². The van der Waals surface area contributed by atoms with E-state index in [2.05, 4.69) is 6.92 Å². The molecule has 1 saturated carbocycles. The lowest BCUT2D eigenvalue weighted by Crippen LogP contribution is -2.14. The van der Waals surface area contributed by atoms with E-state index in [-0.39, 0.29) is 11.7 Å². The molecule has 0 heterocycles. The summed E-state index contributed by atoms with van der Waals surface area (Å²) in [5.74, 6) is 1.42. The van der Waals surface area contributed by atoms with E-state index in [1.807, 2.05) is 0 Å². The van der Waals surface area contributed by atoms with Crippen LogP contribution in [0.5, 0.6) is 0 Å². The van der Waals surface area contributed by atoms with Crippen molar-refractivity contribution >= 4 is 12.1 Å². The predicted octanol–water partition coefficient (Wildman–Crippen LogP) is 1.83. The zero-order valence-corrected chi connectivity index (χ0v) is 7.75. The third kappa shape index (κ3) is 1.93. The smallest absolute Gasteiger partial charge is 0.133 e. The molecular formula is C10H16O2. The molecule has 0 aromatic rings. The van der Waals surface area contributed by atoms with Crippen molar-refractivity contribution in [3.63, 3.8) is 0 Å². The van der Waals surface area contributed by atoms with Crippen LogP contribution in [-0.4, -0.2) is 12.1 Å². The van der Waals surface area contributed by atoms with E-state index >= 15 is 0 Å². The van der Waals surface area contributed by atoms with Gasteiger partial charge in [0, 0.05) is 12.3 Å². The van der Waals surface area contributed by atoms with Crippen LogP contribution >= 0.6 is 0 Å². The lowest BCUT2D eigenvalue weighted by Gasteiger charge is -2.08. The molecule has 0 saturated heterocycles. The van der Waals surface area contributed by atoms with E-state index in [0.29, 0.717) is 18.3 Å². The fraction of sp³-hybridized carbons (Fsp3) is 0.800. The van der Waals surface area contributed by atoms with Crippen LogP contribution in [-0.2, 0) is 9.59 Å². The lowest BCUT2D eigenvalue weighted by molar-refractivity contribution is -0.123. The second kappa shape index (κ2) is 3.83. The fourth-order valence-electron chi connectivity index (χ4n) is 1.98. The summed E-state index contributed by atoms with van der Waals surface area (Å²) in [6.07, 6.45) is 3.59. The van der Waals surface area contributed by atoms with Crippen LogP contribution in [0.2, 0.25) is 0 Å². The van der Waals surface area contributed by atoms with Crippen LogP contribution in [0.4, 0.5) is 0 Å². The minimum Gasteiger partial charge on any atom is -0.303 e. The van der Waals surface area contributed by atoms with Crippen molar-refractivity contribution in [2.75, 3.05) is 0 Å². The molecule has 0 bridgehead atoms. The maximum Gasteiger partial charge on any atom is 0.133 e. The predicted molar refractivity (Wildman–Crippen MR) is 46.7 cm³/mol. The number of hydrogen-bond acceptors (Lipinski definition) is 2. The van der Waals surface area contributed by atoms with E-state index in [9.17, 15) is 9.59 Å². The second-order valence-electron chi connectivity index (χ2n) is 3.69. The van der Waals surface area contributed by atoms with Crippen molar-refractivity contribution in [3.05, 3.63) is 0 Å². The van der Waals surface area contributed by atoms with Gasteiger partial charge in [-0.1, -0.05) is 13.3 Å². The molecule has 0 aromatic carbocycles. The normalized spacial score (nSPS) is 29.5. The largest absolute Gasteiger partial charge is 0.303 e. The van der Waals surface area contributed by atoms with Crippen LogP contribution in [0.15, 0.2) is 0 Å². The van der Waals surface area contributed by atoms with Gasteiger partial charge in [-0.05, 0) is 25.2 Å². The molecule has 68 valence electrons. The fourth-order valence-corrected chi connectivity index (χ4v) is 1.98. The van der Waals surface area contributed by atoms with Crippen LogP contribution in [0.3, 0.4) is 0 Å². The first-order chi connectivity index (χ1) is 5.70. The monoisotopic (exact) mass is 168 g/mol. The Bertz CT molecular complexity index is 186. The Morgan fingerprint density at radius 2 is 2.33 bits per heavy atom. The molecule has 3 unspecified atom stereocenters. The van der Waals surface area contributed by atoms with Crippen LogP contribution in [0.25, 0.3) is 0 Å². The van der Waals surface area contributed by atoms with Crippen molar-refractivity contribution < 1.29 is 9.59 Å². The summed E-state index contributed by atoms with van der Waals surface area (Å²) in [5.41, 5.74) is 0. The average molecular weight is 168 g/mol. The Morgan fingerprint density at radius 1 is 1.67 bits per heavy atom. The standard InChI is InChI=1S/C10H16O2/c1-3-8-6-10(8)9(4-5-11)7(2)12/h5,8-10H,3-4,6H2,1-2H3. The molecule has 0 aromatic heterocycles. The topological polar surface area (TPSA) is 34.1 Å². The van der Waals surface area contributed by atoms with Gasteiger partial charge < -0.3 is 4.79 Å². The lowest BCUT2D eigenvalue weighted by atomic mass is 9.94. The molecule has 0 amide bonds. The van der Waals surface area contributed by atoms with E-state index in [4.69, 9.17) is 0 Å². The molecular weight excluding hydrogens is 152 g/mol. The van der Waals surface area contributed by atoms with E-state index in [0.717, 1.165) is 19.1 Å². The minimum atomic E-state index is 0.0208. The summed E-state index contributed by atoms with van der Waals surface area (Å²) in [4.78, 5) is 21.4. The zero-order chi connectivity index (χ0) is 9.14. The number of rotatable bonds is 5. The van der Waals surface area contributed by atoms with Gasteiger partial charge in [0.15, 0.2) is 0 Å². The van der Waals surface area contributed by atoms with Gasteiger partial charge in [0.25, 0.3) is 0 Å². The van der Waals surface area contributed by atoms with Gasteiger partial charge in [0.1, 0.15) is 12.1 Å². The molecule has 0 radical (unpaired) electrons. The number of carbonyl (C=O) groups is 2. The highest BCUT2D eigenvalue weighted by atomic mass is 16.1. The molecule has 12 heavy (non-hydrogen) atoms. The third-order valence-electron chi connectivity index (χ3n) is 2.89. The Balaban J connectivity index is 2.45. The number of aldehydes is 1. The molecule has 0 N–H and O–H groups in total. The molecule has 1 aliphatic rings. The van der Waals surface area contributed by atoms with Gasteiger partial charge in [-0.3, -0.25) is 4.79 Å². The Morgan fingerprint density at radius 3 is 2.67 bits per heavy atom. The van der Waals surface area contributed by atoms with Crippen LogP contribution in [0.1, 0.15) is 33.1 Å². The number of ketones is 1. The molecule has 1 aliphatic carbocycles. The van der Waals surface area contributed by atoms with Gasteiger partial charge in [-0.2, -0.15) is 0 Å². The molecule has 0 aliphatic heterocycles. The summed E-state index contributed by atoms with van der Waals surface area (Å²) in [5, 5.41) is 0. The summed E-state index contributed by atoms with van der Waals surface area (Å²) in [7, 11) is 0. The van der Waals surface area contributed by atoms with Gasteiger partial charge in [-0.25, -0.2) is 0 Å². The molecule has 1 rings (SSSR count). The number of hydrogen-bond donors (Lipinski definition) is 0. The van der Waals surface area contributed by atoms with Gasteiger partial charge >= 0.3 is 0 Å². The van der Waals surface area contributed by atoms with Crippen molar-refractivity contribution in [1.29, 1.82) is 0 Å². The molecule has 0 spiro atoms. The van der Waals surface area contributed by atoms with Gasteiger partial charge in [-0.15, -0.1) is 0 Å². The highest BCUT2D eigenvalue weighted by molar-refractivity contribution is 5.81. The van der Waals surface area contributed by atoms with E-state index < -0.39 is 0 Å². The minimum absolute atomic E-state index is 0.0208. The SMILES string of the molecule is CCC1CC1C(CC=O)C(C)=O. The first-order valence-electron chi connectivity index (χ1n) is 4.64. The maximum absolute atomic E-state index is 11.1. The third-order valence-corrected chi connectivity index (χ3v) is 2.89. The first kappa shape index (κ1) is 9.43. The molecule has 2 nitrogen and oxygen atoms in total. The van der Waals surface area contributed by atoms with Crippen molar-refractivity contribution in [2.24, 2.45) is 17.8 Å². The number of Topliss-reactive ketones (excluding diaryl/α,β-unsaturated/α-hetero) is 1. The first-order valence-corrected chi connectivity index (χ1v) is 4.64. The van der Waals surface area contributed by atoms with Crippen LogP contribution in [0, 0.1) is 17.8 Å². The quantitative estimate of drug-likeness (QED) is 0.587. The Hall–Kier alpha value is -0.660. The molecule has 1 fully saturated rings. The highest BCUT2D eigenvalue weighted by Gasteiger charge is 2.42. The van der Waals surface area contributed by atoms with Gasteiger partial charge in [0.2, 0.25) is 0 Å². The summed E-state index contributed by atoms with van der Waals surface area (Å²) >= 11 is 0. The second-order valence-corrected chi connectivity index (χ2v) is 3.69.